The van der Waals surface area contributed by atoms with Crippen LogP contribution in [0.15, 0.2) is 18.2 Å². The summed E-state index contributed by atoms with van der Waals surface area (Å²) in [6.07, 6.45) is 0. The molecule has 0 amide bonds. The van der Waals surface area contributed by atoms with E-state index in [-0.39, 0.29) is 6.61 Å². The van der Waals surface area contributed by atoms with Gasteiger partial charge in [-0.2, -0.15) is 5.10 Å². The molecular formula is C18H26ClN3O2. The summed E-state index contributed by atoms with van der Waals surface area (Å²) in [5, 5.41) is 14.4. The zero-order valence-electron chi connectivity index (χ0n) is 14.8. The lowest BCUT2D eigenvalue weighted by molar-refractivity contribution is 0.262. The molecule has 2 aromatic rings. The first-order valence-corrected chi connectivity index (χ1v) is 8.56. The van der Waals surface area contributed by atoms with Crippen LogP contribution in [0.2, 0.25) is 5.02 Å². The second kappa shape index (κ2) is 8.51. The van der Waals surface area contributed by atoms with E-state index >= 15 is 0 Å². The third-order valence-electron chi connectivity index (χ3n) is 4.31. The molecule has 5 nitrogen and oxygen atoms in total. The van der Waals surface area contributed by atoms with Crippen LogP contribution in [-0.4, -0.2) is 40.0 Å². The highest BCUT2D eigenvalue weighted by Gasteiger charge is 2.16. The molecule has 132 valence electrons. The fourth-order valence-corrected chi connectivity index (χ4v) is 3.08. The van der Waals surface area contributed by atoms with Crippen LogP contribution in [0.1, 0.15) is 29.4 Å². The van der Waals surface area contributed by atoms with Crippen molar-refractivity contribution in [1.82, 2.24) is 14.7 Å². The molecule has 0 atom stereocenters. The van der Waals surface area contributed by atoms with Crippen molar-refractivity contribution >= 4 is 11.6 Å². The highest BCUT2D eigenvalue weighted by molar-refractivity contribution is 6.30. The van der Waals surface area contributed by atoms with Crippen LogP contribution < -0.4 is 4.74 Å². The summed E-state index contributed by atoms with van der Waals surface area (Å²) in [6, 6.07) is 5.70. The largest absolute Gasteiger partial charge is 0.496 e. The van der Waals surface area contributed by atoms with Crippen molar-refractivity contribution in [3.05, 3.63) is 45.7 Å². The van der Waals surface area contributed by atoms with E-state index in [1.165, 1.54) is 5.56 Å². The molecule has 24 heavy (non-hydrogen) atoms. The molecule has 0 fully saturated rings. The van der Waals surface area contributed by atoms with Crippen LogP contribution in [0.25, 0.3) is 0 Å². The number of ether oxygens (including phenoxy) is 1. The summed E-state index contributed by atoms with van der Waals surface area (Å²) in [7, 11) is 1.68. The molecule has 0 bridgehead atoms. The van der Waals surface area contributed by atoms with E-state index in [0.29, 0.717) is 11.6 Å². The van der Waals surface area contributed by atoms with Crippen LogP contribution in [0, 0.1) is 13.8 Å². The molecule has 0 radical (unpaired) electrons. The predicted molar refractivity (Wildman–Crippen MR) is 96.6 cm³/mol. The molecule has 0 saturated carbocycles. The number of hydrogen-bond donors (Lipinski definition) is 1. The van der Waals surface area contributed by atoms with Gasteiger partial charge in [-0.05, 0) is 38.6 Å². The highest BCUT2D eigenvalue weighted by atomic mass is 35.5. The van der Waals surface area contributed by atoms with Crippen LogP contribution in [0.5, 0.6) is 5.75 Å². The lowest BCUT2D eigenvalue weighted by atomic mass is 10.1. The number of hydrogen-bond acceptors (Lipinski definition) is 4. The number of aryl methyl sites for hydroxylation is 1. The van der Waals surface area contributed by atoms with Gasteiger partial charge < -0.3 is 9.84 Å². The van der Waals surface area contributed by atoms with E-state index in [1.54, 1.807) is 7.11 Å². The number of methoxy groups -OCH3 is 1. The summed E-state index contributed by atoms with van der Waals surface area (Å²) in [6.45, 7) is 9.29. The summed E-state index contributed by atoms with van der Waals surface area (Å²) in [5.41, 5.74) is 4.41. The Morgan fingerprint density at radius 3 is 2.67 bits per heavy atom. The van der Waals surface area contributed by atoms with Crippen molar-refractivity contribution in [2.45, 2.75) is 40.4 Å². The zero-order chi connectivity index (χ0) is 17.7. The van der Waals surface area contributed by atoms with E-state index in [0.717, 1.165) is 42.3 Å². The highest BCUT2D eigenvalue weighted by Crippen LogP contribution is 2.25. The first kappa shape index (κ1) is 18.8. The van der Waals surface area contributed by atoms with Crippen molar-refractivity contribution in [1.29, 1.82) is 0 Å². The molecule has 0 unspecified atom stereocenters. The molecule has 0 spiro atoms. The fraction of sp³-hybridized carbons (Fsp3) is 0.500. The number of rotatable bonds is 8. The van der Waals surface area contributed by atoms with Crippen LogP contribution in [0.3, 0.4) is 0 Å². The van der Waals surface area contributed by atoms with Crippen molar-refractivity contribution in [2.24, 2.45) is 0 Å². The topological polar surface area (TPSA) is 50.5 Å². The first-order valence-electron chi connectivity index (χ1n) is 8.18. The molecule has 6 heteroatoms. The van der Waals surface area contributed by atoms with Crippen molar-refractivity contribution in [2.75, 3.05) is 20.3 Å². The minimum absolute atomic E-state index is 0.0958. The first-order chi connectivity index (χ1) is 11.5. The minimum atomic E-state index is 0.0958. The molecule has 1 aromatic heterocycles. The summed E-state index contributed by atoms with van der Waals surface area (Å²) in [4.78, 5) is 2.33. The predicted octanol–water partition coefficient (Wildman–Crippen LogP) is 3.18. The Bertz CT molecular complexity index is 685. The van der Waals surface area contributed by atoms with Gasteiger partial charge in [0, 0.05) is 34.9 Å². The maximum Gasteiger partial charge on any atom is 0.123 e. The fourth-order valence-electron chi connectivity index (χ4n) is 2.89. The van der Waals surface area contributed by atoms with Gasteiger partial charge in [-0.3, -0.25) is 9.58 Å². The molecule has 1 aromatic carbocycles. The quantitative estimate of drug-likeness (QED) is 0.793. The van der Waals surface area contributed by atoms with Gasteiger partial charge in [0.05, 0.1) is 26.0 Å². The van der Waals surface area contributed by atoms with Gasteiger partial charge in [0.15, 0.2) is 0 Å². The molecule has 0 aliphatic carbocycles. The lowest BCUT2D eigenvalue weighted by Gasteiger charge is -2.22. The van der Waals surface area contributed by atoms with Gasteiger partial charge in [0.2, 0.25) is 0 Å². The maximum absolute atomic E-state index is 9.15. The number of halogens is 1. The van der Waals surface area contributed by atoms with Crippen molar-refractivity contribution < 1.29 is 9.84 Å². The number of aromatic nitrogens is 2. The summed E-state index contributed by atoms with van der Waals surface area (Å²) in [5.74, 6) is 0.849. The van der Waals surface area contributed by atoms with Crippen molar-refractivity contribution in [3.8, 4) is 5.75 Å². The second-order valence-corrected chi connectivity index (χ2v) is 6.29. The number of benzene rings is 1. The van der Waals surface area contributed by atoms with Gasteiger partial charge in [-0.15, -0.1) is 0 Å². The van der Waals surface area contributed by atoms with Gasteiger partial charge in [-0.25, -0.2) is 0 Å². The Morgan fingerprint density at radius 1 is 1.29 bits per heavy atom. The SMILES string of the molecule is CCN(Cc1cc(Cl)ccc1OC)Cc1c(C)nn(CCO)c1C. The van der Waals surface area contributed by atoms with Crippen LogP contribution >= 0.6 is 11.6 Å². The average Bonchev–Trinajstić information content (AvgIpc) is 2.82. The van der Waals surface area contributed by atoms with E-state index in [4.69, 9.17) is 21.4 Å². The standard InChI is InChI=1S/C18H26ClN3O2/c1-5-21(11-15-10-16(19)6-7-18(15)24-4)12-17-13(2)20-22(8-9-23)14(17)3/h6-7,10,23H,5,8-9,11-12H2,1-4H3. The smallest absolute Gasteiger partial charge is 0.123 e. The van der Waals surface area contributed by atoms with Crippen molar-refractivity contribution in [3.63, 3.8) is 0 Å². The Kier molecular flexibility index (Phi) is 6.66. The summed E-state index contributed by atoms with van der Waals surface area (Å²) < 4.78 is 7.32. The van der Waals surface area contributed by atoms with E-state index < -0.39 is 0 Å². The maximum atomic E-state index is 9.15. The Hall–Kier alpha value is -1.56. The third-order valence-corrected chi connectivity index (χ3v) is 4.54. The summed E-state index contributed by atoms with van der Waals surface area (Å²) >= 11 is 6.14. The Morgan fingerprint density at radius 2 is 2.04 bits per heavy atom. The molecule has 0 aliphatic heterocycles. The van der Waals surface area contributed by atoms with E-state index in [1.807, 2.05) is 29.8 Å². The average molecular weight is 352 g/mol. The molecule has 2 rings (SSSR count). The Labute approximate surface area is 148 Å². The van der Waals surface area contributed by atoms with Crippen LogP contribution in [0.4, 0.5) is 0 Å². The zero-order valence-corrected chi connectivity index (χ0v) is 15.6. The molecule has 0 aliphatic rings. The second-order valence-electron chi connectivity index (χ2n) is 5.86. The number of nitrogens with zero attached hydrogens (tertiary/aromatic N) is 3. The van der Waals surface area contributed by atoms with E-state index in [9.17, 15) is 0 Å². The molecule has 1 N–H and O–H groups in total. The van der Waals surface area contributed by atoms with Gasteiger partial charge in [0.25, 0.3) is 0 Å². The number of aliphatic hydroxyl groups is 1. The molecular weight excluding hydrogens is 326 g/mol. The normalized spacial score (nSPS) is 11.3. The minimum Gasteiger partial charge on any atom is -0.496 e. The van der Waals surface area contributed by atoms with Crippen LogP contribution in [-0.2, 0) is 19.6 Å². The third kappa shape index (κ3) is 4.29. The molecule has 1 heterocycles. The van der Waals surface area contributed by atoms with E-state index in [2.05, 4.69) is 23.8 Å². The van der Waals surface area contributed by atoms with Gasteiger partial charge >= 0.3 is 0 Å². The monoisotopic (exact) mass is 351 g/mol. The lowest BCUT2D eigenvalue weighted by Crippen LogP contribution is -2.23. The Balaban J connectivity index is 2.20. The van der Waals surface area contributed by atoms with Gasteiger partial charge in [-0.1, -0.05) is 18.5 Å². The van der Waals surface area contributed by atoms with Gasteiger partial charge in [0.1, 0.15) is 5.75 Å². The molecule has 0 saturated heterocycles. The number of aliphatic hydroxyl groups excluding tert-OH is 1.